The first-order valence-electron chi connectivity index (χ1n) is 11.7. The van der Waals surface area contributed by atoms with Gasteiger partial charge in [0.05, 0.1) is 11.9 Å². The predicted molar refractivity (Wildman–Crippen MR) is 132 cm³/mol. The van der Waals surface area contributed by atoms with Crippen LogP contribution in [0.5, 0.6) is 0 Å². The van der Waals surface area contributed by atoms with Gasteiger partial charge in [-0.3, -0.25) is 14.0 Å². The van der Waals surface area contributed by atoms with Gasteiger partial charge in [-0.15, -0.1) is 0 Å². The average Bonchev–Trinajstić information content (AvgIpc) is 3.72. The molecule has 1 aliphatic rings. The highest BCUT2D eigenvalue weighted by Crippen LogP contribution is 2.43. The van der Waals surface area contributed by atoms with E-state index in [1.54, 1.807) is 6.92 Å². The van der Waals surface area contributed by atoms with Gasteiger partial charge >= 0.3 is 11.9 Å². The molecule has 1 fully saturated rings. The van der Waals surface area contributed by atoms with Gasteiger partial charge in [0.15, 0.2) is 6.10 Å². The Morgan fingerprint density at radius 1 is 1.06 bits per heavy atom. The number of halogens is 1. The van der Waals surface area contributed by atoms with Crippen LogP contribution in [-0.4, -0.2) is 21.4 Å². The first-order chi connectivity index (χ1) is 17.3. The molecule has 2 heterocycles. The third kappa shape index (κ3) is 4.40. The van der Waals surface area contributed by atoms with E-state index < -0.39 is 35.0 Å². The fourth-order valence-electron chi connectivity index (χ4n) is 4.67. The molecule has 7 heteroatoms. The van der Waals surface area contributed by atoms with E-state index in [0.29, 0.717) is 16.6 Å². The molecule has 0 atom stereocenters. The Kier molecular flexibility index (Phi) is 6.14. The van der Waals surface area contributed by atoms with Crippen molar-refractivity contribution in [3.8, 4) is 0 Å². The van der Waals surface area contributed by atoms with Crippen LogP contribution < -0.4 is 5.56 Å². The largest absolute Gasteiger partial charge is 0.477 e. The lowest BCUT2D eigenvalue weighted by Gasteiger charge is -2.20. The molecule has 1 N–H and O–H groups in total. The van der Waals surface area contributed by atoms with Crippen LogP contribution in [0, 0.1) is 12.7 Å². The SMILES string of the molecule is Cc1c(CC(=O)OC(c2ccccc2)c2ccccc2)c(F)cn2c(=O)c(C(=O)O)cc(C3CC3)c12. The normalized spacial score (nSPS) is 13.2. The Balaban J connectivity index is 1.53. The van der Waals surface area contributed by atoms with Crippen molar-refractivity contribution in [2.75, 3.05) is 0 Å². The standard InChI is InChI=1S/C29H24FNO5/c1-17-21(15-25(32)36-27(19-8-4-2-5-9-19)20-10-6-3-7-11-20)24(30)16-31-26(17)22(18-12-13-18)14-23(28(31)33)29(34)35/h2-11,14,16,18,27H,12-13,15H2,1H3,(H,34,35). The van der Waals surface area contributed by atoms with E-state index >= 15 is 4.39 Å². The van der Waals surface area contributed by atoms with E-state index in [1.807, 2.05) is 60.7 Å². The molecular weight excluding hydrogens is 461 g/mol. The predicted octanol–water partition coefficient (Wildman–Crippen LogP) is 5.20. The highest BCUT2D eigenvalue weighted by Gasteiger charge is 2.30. The molecule has 0 bridgehead atoms. The summed E-state index contributed by atoms with van der Waals surface area (Å²) in [6, 6.07) is 20.0. The molecule has 36 heavy (non-hydrogen) atoms. The minimum atomic E-state index is -1.35. The van der Waals surface area contributed by atoms with E-state index in [-0.39, 0.29) is 17.9 Å². The molecule has 1 saturated carbocycles. The Morgan fingerprint density at radius 3 is 2.17 bits per heavy atom. The molecule has 1 aliphatic carbocycles. The lowest BCUT2D eigenvalue weighted by Crippen LogP contribution is -2.25. The molecule has 0 unspecified atom stereocenters. The number of fused-ring (bicyclic) bond motifs is 1. The van der Waals surface area contributed by atoms with Crippen molar-refractivity contribution in [2.24, 2.45) is 0 Å². The summed E-state index contributed by atoms with van der Waals surface area (Å²) in [5.41, 5.74) is 2.08. The van der Waals surface area contributed by atoms with Crippen LogP contribution in [0.1, 0.15) is 63.0 Å². The third-order valence-corrected chi connectivity index (χ3v) is 6.62. The minimum absolute atomic E-state index is 0.100. The summed E-state index contributed by atoms with van der Waals surface area (Å²) in [5, 5.41) is 9.47. The lowest BCUT2D eigenvalue weighted by molar-refractivity contribution is -0.146. The summed E-state index contributed by atoms with van der Waals surface area (Å²) < 4.78 is 22.2. The van der Waals surface area contributed by atoms with E-state index in [2.05, 4.69) is 0 Å². The number of rotatable bonds is 7. The Bertz CT molecular complexity index is 1490. The Hall–Kier alpha value is -4.26. The maximum atomic E-state index is 15.3. The maximum Gasteiger partial charge on any atom is 0.341 e. The number of aromatic nitrogens is 1. The van der Waals surface area contributed by atoms with E-state index in [9.17, 15) is 19.5 Å². The first-order valence-corrected chi connectivity index (χ1v) is 11.7. The van der Waals surface area contributed by atoms with Gasteiger partial charge in [0, 0.05) is 11.8 Å². The number of aromatic carboxylic acids is 1. The summed E-state index contributed by atoms with van der Waals surface area (Å²) in [4.78, 5) is 37.5. The van der Waals surface area contributed by atoms with Crippen molar-refractivity contribution in [3.63, 3.8) is 0 Å². The topological polar surface area (TPSA) is 85.1 Å². The highest BCUT2D eigenvalue weighted by molar-refractivity contribution is 5.89. The summed E-state index contributed by atoms with van der Waals surface area (Å²) in [6.45, 7) is 1.65. The van der Waals surface area contributed by atoms with Crippen LogP contribution >= 0.6 is 0 Å². The molecule has 0 amide bonds. The van der Waals surface area contributed by atoms with Crippen LogP contribution in [0.3, 0.4) is 0 Å². The zero-order valence-electron chi connectivity index (χ0n) is 19.6. The van der Waals surface area contributed by atoms with Crippen molar-refractivity contribution in [2.45, 2.75) is 38.2 Å². The van der Waals surface area contributed by atoms with Gasteiger partial charge in [-0.1, -0.05) is 60.7 Å². The quantitative estimate of drug-likeness (QED) is 0.364. The average molecular weight is 486 g/mol. The van der Waals surface area contributed by atoms with E-state index in [1.165, 1.54) is 6.07 Å². The molecule has 0 saturated heterocycles. The number of hydrogen-bond donors (Lipinski definition) is 1. The molecule has 2 aromatic heterocycles. The number of benzene rings is 2. The van der Waals surface area contributed by atoms with Crippen molar-refractivity contribution in [3.05, 3.63) is 122 Å². The maximum absolute atomic E-state index is 15.3. The molecule has 0 spiro atoms. The monoisotopic (exact) mass is 485 g/mol. The van der Waals surface area contributed by atoms with Gasteiger partial charge in [-0.05, 0) is 54.0 Å². The van der Waals surface area contributed by atoms with Gasteiger partial charge in [0.25, 0.3) is 5.56 Å². The smallest absolute Gasteiger partial charge is 0.341 e. The number of nitrogens with zero attached hydrogens (tertiary/aromatic N) is 1. The molecule has 2 aromatic carbocycles. The van der Waals surface area contributed by atoms with Gasteiger partial charge < -0.3 is 9.84 Å². The van der Waals surface area contributed by atoms with Crippen molar-refractivity contribution >= 4 is 17.5 Å². The molecule has 6 nitrogen and oxygen atoms in total. The number of pyridine rings is 2. The van der Waals surface area contributed by atoms with E-state index in [0.717, 1.165) is 34.6 Å². The number of aryl methyl sites for hydroxylation is 1. The molecule has 0 aliphatic heterocycles. The van der Waals surface area contributed by atoms with Crippen molar-refractivity contribution in [1.82, 2.24) is 4.40 Å². The van der Waals surface area contributed by atoms with E-state index in [4.69, 9.17) is 4.74 Å². The Morgan fingerprint density at radius 2 is 1.64 bits per heavy atom. The van der Waals surface area contributed by atoms with Gasteiger partial charge in [-0.25, -0.2) is 9.18 Å². The third-order valence-electron chi connectivity index (χ3n) is 6.62. The fraction of sp³-hybridized carbons (Fsp3) is 0.207. The second kappa shape index (κ2) is 9.41. The zero-order valence-corrected chi connectivity index (χ0v) is 19.6. The summed E-state index contributed by atoms with van der Waals surface area (Å²) in [6.07, 6.45) is 1.71. The zero-order chi connectivity index (χ0) is 25.4. The van der Waals surface area contributed by atoms with Crippen molar-refractivity contribution < 1.29 is 23.8 Å². The van der Waals surface area contributed by atoms with Crippen LogP contribution in [0.2, 0.25) is 0 Å². The number of carbonyl (C=O) groups excluding carboxylic acids is 1. The van der Waals surface area contributed by atoms with Crippen LogP contribution in [0.25, 0.3) is 5.52 Å². The highest BCUT2D eigenvalue weighted by atomic mass is 19.1. The molecule has 182 valence electrons. The molecule has 0 radical (unpaired) electrons. The number of ether oxygens (including phenoxy) is 1. The van der Waals surface area contributed by atoms with Gasteiger partial charge in [-0.2, -0.15) is 0 Å². The second-order valence-electron chi connectivity index (χ2n) is 9.07. The second-order valence-corrected chi connectivity index (χ2v) is 9.07. The number of carboxylic acids is 1. The van der Waals surface area contributed by atoms with Crippen LogP contribution in [-0.2, 0) is 16.0 Å². The molecule has 5 rings (SSSR count). The number of carboxylic acid groups (broad SMARTS) is 1. The number of carbonyl (C=O) groups is 2. The van der Waals surface area contributed by atoms with Gasteiger partial charge in [0.1, 0.15) is 11.4 Å². The van der Waals surface area contributed by atoms with Crippen LogP contribution in [0.15, 0.2) is 77.7 Å². The molecule has 4 aromatic rings. The lowest BCUT2D eigenvalue weighted by atomic mass is 9.98. The fourth-order valence-corrected chi connectivity index (χ4v) is 4.67. The number of esters is 1. The first kappa shape index (κ1) is 23.5. The number of hydrogen-bond acceptors (Lipinski definition) is 4. The van der Waals surface area contributed by atoms with Crippen LogP contribution in [0.4, 0.5) is 4.39 Å². The summed E-state index contributed by atoms with van der Waals surface area (Å²) >= 11 is 0. The summed E-state index contributed by atoms with van der Waals surface area (Å²) in [5.74, 6) is -2.63. The molecular formula is C29H24FNO5. The summed E-state index contributed by atoms with van der Waals surface area (Å²) in [7, 11) is 0. The van der Waals surface area contributed by atoms with Gasteiger partial charge in [0.2, 0.25) is 0 Å². The minimum Gasteiger partial charge on any atom is -0.477 e. The van der Waals surface area contributed by atoms with Crippen molar-refractivity contribution in [1.29, 1.82) is 0 Å². The Labute approximate surface area is 206 Å².